The Bertz CT molecular complexity index is 1550. The number of ether oxygens (including phenoxy) is 1. The number of carbonyl (C=O) groups excluding carboxylic acids is 1. The first-order chi connectivity index (χ1) is 20.7. The number of nitrogens with zero attached hydrogens (tertiary/aromatic N) is 2. The lowest BCUT2D eigenvalue weighted by Gasteiger charge is -2.34. The van der Waals surface area contributed by atoms with Crippen LogP contribution in [-0.4, -0.2) is 68.1 Å². The van der Waals surface area contributed by atoms with Gasteiger partial charge in [0.05, 0.1) is 29.5 Å². The summed E-state index contributed by atoms with van der Waals surface area (Å²) < 4.78 is 87.0. The molecule has 2 N–H and O–H groups in total. The molecule has 0 spiro atoms. The normalized spacial score (nSPS) is 18.6. The maximum absolute atomic E-state index is 13.4. The van der Waals surface area contributed by atoms with Crippen LogP contribution in [0.4, 0.5) is 23.2 Å². The number of aliphatic hydroxyl groups excluding tert-OH is 1. The van der Waals surface area contributed by atoms with E-state index in [1.807, 2.05) is 18.9 Å². The molecule has 0 aliphatic carbocycles. The van der Waals surface area contributed by atoms with E-state index in [4.69, 9.17) is 4.74 Å². The van der Waals surface area contributed by atoms with Gasteiger partial charge in [0.2, 0.25) is 5.91 Å². The van der Waals surface area contributed by atoms with Gasteiger partial charge in [0.25, 0.3) is 10.0 Å². The molecule has 3 aromatic carbocycles. The third kappa shape index (κ3) is 8.27. The Morgan fingerprint density at radius 1 is 1.09 bits per heavy atom. The van der Waals surface area contributed by atoms with E-state index in [1.54, 1.807) is 17.9 Å². The second-order valence-corrected chi connectivity index (χ2v) is 12.8. The van der Waals surface area contributed by atoms with Crippen LogP contribution < -0.4 is 9.46 Å². The molecule has 0 fully saturated rings. The number of carbonyl (C=O) groups is 1. The summed E-state index contributed by atoms with van der Waals surface area (Å²) in [6.45, 7) is 4.35. The Morgan fingerprint density at radius 2 is 1.75 bits per heavy atom. The maximum Gasteiger partial charge on any atom is 0.416 e. The Morgan fingerprint density at radius 3 is 2.36 bits per heavy atom. The molecule has 1 heterocycles. The minimum atomic E-state index is -4.42. The molecule has 44 heavy (non-hydrogen) atoms. The zero-order valence-electron chi connectivity index (χ0n) is 24.5. The van der Waals surface area contributed by atoms with Crippen molar-refractivity contribution < 1.29 is 40.6 Å². The lowest BCUT2D eigenvalue weighted by atomic mass is 10.0. The number of aliphatic hydroxyl groups is 1. The van der Waals surface area contributed by atoms with Crippen molar-refractivity contribution in [1.29, 1.82) is 0 Å². The molecule has 3 aromatic rings. The highest BCUT2D eigenvalue weighted by atomic mass is 32.2. The van der Waals surface area contributed by atoms with Gasteiger partial charge in [-0.15, -0.1) is 0 Å². The van der Waals surface area contributed by atoms with E-state index in [1.165, 1.54) is 24.3 Å². The SMILES string of the molecule is C[C@@H]1CN([C@H](C)CO)C(=O)Cc2cc(NS(=O)(=O)c3ccc(F)cc3)ccc2O[C@@H]1CN(C)Cc1ccc(C(F)(F)F)cc1. The summed E-state index contributed by atoms with van der Waals surface area (Å²) in [4.78, 5) is 16.8. The molecule has 4 rings (SSSR count). The lowest BCUT2D eigenvalue weighted by Crippen LogP contribution is -2.47. The second-order valence-electron chi connectivity index (χ2n) is 11.2. The molecular formula is C31H35F4N3O5S. The lowest BCUT2D eigenvalue weighted by molar-refractivity contribution is -0.137. The van der Waals surface area contributed by atoms with Gasteiger partial charge in [-0.05, 0) is 74.1 Å². The van der Waals surface area contributed by atoms with Crippen LogP contribution in [0.5, 0.6) is 5.75 Å². The Labute approximate surface area is 254 Å². The van der Waals surface area contributed by atoms with Crippen molar-refractivity contribution in [2.75, 3.05) is 31.5 Å². The van der Waals surface area contributed by atoms with Crippen LogP contribution in [0.25, 0.3) is 0 Å². The highest BCUT2D eigenvalue weighted by molar-refractivity contribution is 7.92. The van der Waals surface area contributed by atoms with Gasteiger partial charge in [-0.1, -0.05) is 19.1 Å². The van der Waals surface area contributed by atoms with E-state index in [0.29, 0.717) is 30.0 Å². The van der Waals surface area contributed by atoms with Crippen molar-refractivity contribution in [2.24, 2.45) is 5.92 Å². The minimum absolute atomic E-state index is 0.118. The average Bonchev–Trinajstić information content (AvgIpc) is 3.00. The summed E-state index contributed by atoms with van der Waals surface area (Å²) in [5, 5.41) is 9.86. The molecule has 1 amide bonds. The standard InChI is InChI=1S/C31H35F4N3O5S/c1-20-16-38(21(2)19-39)30(40)15-23-14-26(36-44(41,42)27-11-8-25(32)9-12-27)10-13-28(23)43-29(20)18-37(3)17-22-4-6-24(7-5-22)31(33,34)35/h4-14,20-21,29,36,39H,15-19H2,1-3H3/t20-,21-,29-/m1/s1. The fourth-order valence-electron chi connectivity index (χ4n) is 5.02. The van der Waals surface area contributed by atoms with Gasteiger partial charge in [-0.3, -0.25) is 14.4 Å². The molecule has 0 radical (unpaired) electrons. The highest BCUT2D eigenvalue weighted by Crippen LogP contribution is 2.31. The fourth-order valence-corrected chi connectivity index (χ4v) is 6.07. The van der Waals surface area contributed by atoms with Crippen molar-refractivity contribution in [3.05, 3.63) is 89.2 Å². The quantitative estimate of drug-likeness (QED) is 0.323. The van der Waals surface area contributed by atoms with E-state index >= 15 is 0 Å². The third-order valence-corrected chi connectivity index (χ3v) is 8.92. The van der Waals surface area contributed by atoms with E-state index in [-0.39, 0.29) is 42.0 Å². The van der Waals surface area contributed by atoms with Crippen molar-refractivity contribution in [3.8, 4) is 5.75 Å². The number of sulfonamides is 1. The van der Waals surface area contributed by atoms with Crippen molar-refractivity contribution in [2.45, 2.75) is 50.0 Å². The first-order valence-electron chi connectivity index (χ1n) is 14.0. The van der Waals surface area contributed by atoms with E-state index in [0.717, 1.165) is 36.4 Å². The molecular weight excluding hydrogens is 602 g/mol. The first kappa shape index (κ1) is 33.2. The molecule has 1 aliphatic heterocycles. The number of hydrogen-bond donors (Lipinski definition) is 2. The molecule has 0 aromatic heterocycles. The van der Waals surface area contributed by atoms with E-state index in [2.05, 4.69) is 4.72 Å². The van der Waals surface area contributed by atoms with Gasteiger partial charge in [0.1, 0.15) is 17.7 Å². The monoisotopic (exact) mass is 637 g/mol. The number of halogens is 4. The van der Waals surface area contributed by atoms with Gasteiger partial charge in [0, 0.05) is 36.8 Å². The largest absolute Gasteiger partial charge is 0.488 e. The van der Waals surface area contributed by atoms with Crippen molar-refractivity contribution >= 4 is 21.6 Å². The number of alkyl halides is 3. The number of anilines is 1. The summed E-state index contributed by atoms with van der Waals surface area (Å²) >= 11 is 0. The van der Waals surface area contributed by atoms with Crippen LogP contribution in [-0.2, 0) is 34.0 Å². The van der Waals surface area contributed by atoms with Gasteiger partial charge in [0.15, 0.2) is 0 Å². The fraction of sp³-hybridized carbons (Fsp3) is 0.387. The number of hydrogen-bond acceptors (Lipinski definition) is 6. The summed E-state index contributed by atoms with van der Waals surface area (Å²) in [5.74, 6) is -0.695. The van der Waals surface area contributed by atoms with Crippen LogP contribution in [0.15, 0.2) is 71.6 Å². The predicted molar refractivity (Wildman–Crippen MR) is 157 cm³/mol. The van der Waals surface area contributed by atoms with Gasteiger partial charge >= 0.3 is 6.18 Å². The molecule has 8 nitrogen and oxygen atoms in total. The van der Waals surface area contributed by atoms with Gasteiger partial charge in [-0.25, -0.2) is 12.8 Å². The number of nitrogens with one attached hydrogen (secondary N) is 1. The molecule has 0 unspecified atom stereocenters. The average molecular weight is 638 g/mol. The van der Waals surface area contributed by atoms with E-state index < -0.39 is 39.7 Å². The number of likely N-dealkylation sites (N-methyl/N-ethyl adjacent to an activating group) is 1. The van der Waals surface area contributed by atoms with Gasteiger partial charge in [-0.2, -0.15) is 13.2 Å². The second kappa shape index (κ2) is 13.5. The first-order valence-corrected chi connectivity index (χ1v) is 15.5. The number of benzene rings is 3. The molecule has 238 valence electrons. The highest BCUT2D eigenvalue weighted by Gasteiger charge is 2.32. The summed E-state index contributed by atoms with van der Waals surface area (Å²) in [6, 6.07) is 13.4. The topological polar surface area (TPSA) is 99.2 Å². The van der Waals surface area contributed by atoms with Crippen LogP contribution in [0, 0.1) is 11.7 Å². The van der Waals surface area contributed by atoms with Gasteiger partial charge < -0.3 is 14.7 Å². The van der Waals surface area contributed by atoms with Crippen LogP contribution >= 0.6 is 0 Å². The summed E-state index contributed by atoms with van der Waals surface area (Å²) in [5.41, 5.74) is 0.555. The molecule has 3 atom stereocenters. The zero-order chi connectivity index (χ0) is 32.2. The Hall–Kier alpha value is -3.68. The molecule has 0 saturated heterocycles. The predicted octanol–water partition coefficient (Wildman–Crippen LogP) is 4.93. The smallest absolute Gasteiger partial charge is 0.416 e. The molecule has 0 saturated carbocycles. The van der Waals surface area contributed by atoms with Crippen LogP contribution in [0.1, 0.15) is 30.5 Å². The Balaban J connectivity index is 1.60. The molecule has 0 bridgehead atoms. The van der Waals surface area contributed by atoms with E-state index in [9.17, 15) is 35.9 Å². The molecule has 1 aliphatic rings. The zero-order valence-corrected chi connectivity index (χ0v) is 25.3. The van der Waals surface area contributed by atoms with Crippen LogP contribution in [0.2, 0.25) is 0 Å². The summed E-state index contributed by atoms with van der Waals surface area (Å²) in [6.07, 6.45) is -5.02. The van der Waals surface area contributed by atoms with Crippen LogP contribution in [0.3, 0.4) is 0 Å². The van der Waals surface area contributed by atoms with Crippen molar-refractivity contribution in [1.82, 2.24) is 9.80 Å². The number of rotatable bonds is 9. The summed E-state index contributed by atoms with van der Waals surface area (Å²) in [7, 11) is -2.24. The maximum atomic E-state index is 13.4. The molecule has 13 heteroatoms. The number of amides is 1. The van der Waals surface area contributed by atoms with Crippen molar-refractivity contribution in [3.63, 3.8) is 0 Å². The third-order valence-electron chi connectivity index (χ3n) is 7.52. The minimum Gasteiger partial charge on any atom is -0.488 e. The Kier molecular flexibility index (Phi) is 10.2. The number of fused-ring (bicyclic) bond motifs is 1.